The van der Waals surface area contributed by atoms with Crippen molar-refractivity contribution in [3.05, 3.63) is 0 Å². The van der Waals surface area contributed by atoms with Crippen LogP contribution in [0.2, 0.25) is 0 Å². The molecule has 2 N–H and O–H groups in total. The minimum atomic E-state index is -0.153. The Balaban J connectivity index is 0. The Morgan fingerprint density at radius 2 is 1.78 bits per heavy atom. The molecule has 0 amide bonds. The van der Waals surface area contributed by atoms with Gasteiger partial charge >= 0.3 is 0 Å². The van der Waals surface area contributed by atoms with Crippen LogP contribution in [0.25, 0.3) is 0 Å². The van der Waals surface area contributed by atoms with Crippen LogP contribution in [-0.4, -0.2) is 23.4 Å². The number of rotatable bonds is 0. The van der Waals surface area contributed by atoms with Crippen LogP contribution in [0.1, 0.15) is 6.92 Å². The van der Waals surface area contributed by atoms with E-state index in [1.54, 1.807) is 6.92 Å². The normalized spacial score (nSPS) is 5.11. The van der Waals surface area contributed by atoms with Gasteiger partial charge in [0.2, 0.25) is 0 Å². The van der Waals surface area contributed by atoms with Gasteiger partial charge in [0.1, 0.15) is 13.2 Å². The van der Waals surface area contributed by atoms with Gasteiger partial charge in [-0.15, -0.1) is 12.3 Å². The molecule has 0 saturated carbocycles. The lowest BCUT2D eigenvalue weighted by atomic mass is 10.6. The maximum absolute atomic E-state index is 7.89. The van der Waals surface area contributed by atoms with Crippen molar-refractivity contribution in [2.24, 2.45) is 0 Å². The van der Waals surface area contributed by atoms with Gasteiger partial charge in [-0.25, -0.2) is 0 Å². The first-order chi connectivity index (χ1) is 4.33. The molecule has 0 aromatic rings. The van der Waals surface area contributed by atoms with E-state index >= 15 is 0 Å². The van der Waals surface area contributed by atoms with Crippen LogP contribution in [-0.2, 0) is 0 Å². The second-order valence-corrected chi connectivity index (χ2v) is 0.947. The highest BCUT2D eigenvalue weighted by molar-refractivity contribution is 4.93. The van der Waals surface area contributed by atoms with Crippen molar-refractivity contribution in [3.8, 4) is 24.2 Å². The van der Waals surface area contributed by atoms with Crippen LogP contribution in [0.5, 0.6) is 0 Å². The van der Waals surface area contributed by atoms with Gasteiger partial charge in [-0.05, 0) is 6.92 Å². The van der Waals surface area contributed by atoms with Crippen LogP contribution in [0.15, 0.2) is 0 Å². The van der Waals surface area contributed by atoms with Crippen molar-refractivity contribution in [2.45, 2.75) is 6.92 Å². The number of terminal acetylenes is 1. The number of aliphatic hydroxyl groups excluding tert-OH is 2. The summed E-state index contributed by atoms with van der Waals surface area (Å²) < 4.78 is 0. The molecule has 0 aliphatic carbocycles. The minimum Gasteiger partial charge on any atom is -0.384 e. The van der Waals surface area contributed by atoms with Crippen LogP contribution < -0.4 is 0 Å². The molecule has 0 rings (SSSR count). The second kappa shape index (κ2) is 15.7. The Morgan fingerprint density at radius 3 is 1.78 bits per heavy atom. The summed E-state index contributed by atoms with van der Waals surface area (Å²) in [4.78, 5) is 0. The molecule has 0 aliphatic heterocycles. The van der Waals surface area contributed by atoms with Crippen LogP contribution in [0, 0.1) is 24.2 Å². The van der Waals surface area contributed by atoms with Crippen LogP contribution in [0.4, 0.5) is 0 Å². The minimum absolute atomic E-state index is 0.0174. The number of hydrogen-bond acceptors (Lipinski definition) is 2. The topological polar surface area (TPSA) is 40.5 Å². The fraction of sp³-hybridized carbons (Fsp3) is 0.429. The van der Waals surface area contributed by atoms with Crippen molar-refractivity contribution in [3.63, 3.8) is 0 Å². The van der Waals surface area contributed by atoms with Gasteiger partial charge in [0.25, 0.3) is 0 Å². The summed E-state index contributed by atoms with van der Waals surface area (Å²) >= 11 is 0. The molecule has 2 nitrogen and oxygen atoms in total. The smallest absolute Gasteiger partial charge is 0.104 e. The first-order valence-electron chi connectivity index (χ1n) is 2.38. The molecule has 0 bridgehead atoms. The van der Waals surface area contributed by atoms with E-state index in [0.717, 1.165) is 0 Å². The van der Waals surface area contributed by atoms with E-state index < -0.39 is 0 Å². The zero-order valence-corrected chi connectivity index (χ0v) is 5.39. The Labute approximate surface area is 55.5 Å². The molecule has 0 aromatic carbocycles. The second-order valence-electron chi connectivity index (χ2n) is 0.947. The molecule has 0 aliphatic rings. The van der Waals surface area contributed by atoms with E-state index in [-0.39, 0.29) is 13.2 Å². The lowest BCUT2D eigenvalue weighted by Gasteiger charge is -1.60. The molecule has 2 heteroatoms. The van der Waals surface area contributed by atoms with Crippen molar-refractivity contribution in [1.29, 1.82) is 0 Å². The molecule has 0 fully saturated rings. The first-order valence-corrected chi connectivity index (χ1v) is 2.38. The Morgan fingerprint density at radius 1 is 1.33 bits per heavy atom. The van der Waals surface area contributed by atoms with E-state index in [1.165, 1.54) is 0 Å². The highest BCUT2D eigenvalue weighted by Gasteiger charge is 1.48. The number of hydrogen-bond donors (Lipinski definition) is 2. The third kappa shape index (κ3) is 43.0. The highest BCUT2D eigenvalue weighted by atomic mass is 16.3. The third-order valence-corrected chi connectivity index (χ3v) is 0.347. The van der Waals surface area contributed by atoms with Crippen molar-refractivity contribution < 1.29 is 10.2 Å². The molecule has 9 heavy (non-hydrogen) atoms. The van der Waals surface area contributed by atoms with Gasteiger partial charge in [0.05, 0.1) is 0 Å². The predicted octanol–water partition coefficient (Wildman–Crippen LogP) is -0.386. The van der Waals surface area contributed by atoms with E-state index in [1.807, 2.05) is 5.92 Å². The lowest BCUT2D eigenvalue weighted by Crippen LogP contribution is -1.66. The fourth-order valence-corrected chi connectivity index (χ4v) is 0.0791. The quantitative estimate of drug-likeness (QED) is 0.434. The maximum Gasteiger partial charge on any atom is 0.104 e. The molecule has 0 spiro atoms. The largest absolute Gasteiger partial charge is 0.384 e. The SMILES string of the molecule is C#CCO.CC#CCO. The average Bonchev–Trinajstić information content (AvgIpc) is 1.91. The molecule has 0 heterocycles. The van der Waals surface area contributed by atoms with Crippen LogP contribution >= 0.6 is 0 Å². The van der Waals surface area contributed by atoms with Gasteiger partial charge in [0, 0.05) is 0 Å². The molecular weight excluding hydrogens is 116 g/mol. The Bertz CT molecular complexity index is 122. The summed E-state index contributed by atoms with van der Waals surface area (Å²) in [5.41, 5.74) is 0. The fourth-order valence-electron chi connectivity index (χ4n) is 0.0791. The van der Waals surface area contributed by atoms with Gasteiger partial charge < -0.3 is 10.2 Å². The summed E-state index contributed by atoms with van der Waals surface area (Å²) in [7, 11) is 0. The molecule has 0 aromatic heterocycles. The van der Waals surface area contributed by atoms with E-state index in [9.17, 15) is 0 Å². The Hall–Kier alpha value is -0.960. The first kappa shape index (κ1) is 10.9. The van der Waals surface area contributed by atoms with Gasteiger partial charge in [-0.1, -0.05) is 11.8 Å². The van der Waals surface area contributed by atoms with E-state index in [0.29, 0.717) is 0 Å². The zero-order chi connectivity index (χ0) is 7.54. The van der Waals surface area contributed by atoms with Crippen molar-refractivity contribution >= 4 is 0 Å². The molecular formula is C7H10O2. The van der Waals surface area contributed by atoms with E-state index in [4.69, 9.17) is 10.2 Å². The summed E-state index contributed by atoms with van der Waals surface area (Å²) in [6.45, 7) is 1.52. The molecule has 0 radical (unpaired) electrons. The van der Waals surface area contributed by atoms with Gasteiger partial charge in [-0.3, -0.25) is 0 Å². The summed E-state index contributed by atoms with van der Waals surface area (Å²) in [6, 6.07) is 0. The van der Waals surface area contributed by atoms with Crippen molar-refractivity contribution in [1.82, 2.24) is 0 Å². The van der Waals surface area contributed by atoms with Crippen molar-refractivity contribution in [2.75, 3.05) is 13.2 Å². The van der Waals surface area contributed by atoms with Gasteiger partial charge in [-0.2, -0.15) is 0 Å². The predicted molar refractivity (Wildman–Crippen MR) is 36.5 cm³/mol. The number of aliphatic hydroxyl groups is 2. The molecule has 0 saturated heterocycles. The molecule has 0 atom stereocenters. The standard InChI is InChI=1S/C4H6O.C3H4O/c1-2-3-4-5;1-2-3-4/h5H,4H2,1H3;1,4H,3H2. The van der Waals surface area contributed by atoms with Gasteiger partial charge in [0.15, 0.2) is 0 Å². The molecule has 50 valence electrons. The maximum atomic E-state index is 7.89. The highest BCUT2D eigenvalue weighted by Crippen LogP contribution is 1.44. The summed E-state index contributed by atoms with van der Waals surface area (Å²) in [5.74, 6) is 6.92. The zero-order valence-electron chi connectivity index (χ0n) is 5.39. The third-order valence-electron chi connectivity index (χ3n) is 0.347. The average molecular weight is 126 g/mol. The Kier molecular flexibility index (Phi) is 19.1. The lowest BCUT2D eigenvalue weighted by molar-refractivity contribution is 0.350. The summed E-state index contributed by atoms with van der Waals surface area (Å²) in [5, 5.41) is 15.5. The van der Waals surface area contributed by atoms with E-state index in [2.05, 4.69) is 18.3 Å². The summed E-state index contributed by atoms with van der Waals surface area (Å²) in [6.07, 6.45) is 4.53. The monoisotopic (exact) mass is 126 g/mol. The molecule has 0 unspecified atom stereocenters. The van der Waals surface area contributed by atoms with Crippen LogP contribution in [0.3, 0.4) is 0 Å².